The van der Waals surface area contributed by atoms with E-state index in [1.165, 1.54) is 6.08 Å². The number of hydrogen-bond acceptors (Lipinski definition) is 1. The summed E-state index contributed by atoms with van der Waals surface area (Å²) in [6.07, 6.45) is 1.54. The predicted octanol–water partition coefficient (Wildman–Crippen LogP) is 2.24. The molecule has 0 aromatic heterocycles. The van der Waals surface area contributed by atoms with E-state index in [0.29, 0.717) is 5.71 Å². The topological polar surface area (TPSA) is 23.9 Å². The molecule has 50 valence electrons. The quantitative estimate of drug-likeness (QED) is 0.595. The van der Waals surface area contributed by atoms with Gasteiger partial charge in [-0.2, -0.15) is 0 Å². The molecular formula is C9H9N. The van der Waals surface area contributed by atoms with Crippen molar-refractivity contribution >= 4 is 5.71 Å². The second-order valence-electron chi connectivity index (χ2n) is 1.98. The molecule has 0 bridgehead atoms. The zero-order valence-corrected chi connectivity index (χ0v) is 5.67. The first-order valence-electron chi connectivity index (χ1n) is 3.11. The monoisotopic (exact) mass is 131 g/mol. The second-order valence-corrected chi connectivity index (χ2v) is 1.98. The van der Waals surface area contributed by atoms with Gasteiger partial charge in [0.1, 0.15) is 0 Å². The molecule has 0 aliphatic rings. The minimum absolute atomic E-state index is 0.473. The molecule has 0 amide bonds. The summed E-state index contributed by atoms with van der Waals surface area (Å²) in [5, 5.41) is 7.36. The highest BCUT2D eigenvalue weighted by Crippen LogP contribution is 1.98. The largest absolute Gasteiger partial charge is 0.300 e. The van der Waals surface area contributed by atoms with Crippen molar-refractivity contribution in [1.82, 2.24) is 0 Å². The smallest absolute Gasteiger partial charge is 0.0606 e. The summed E-state index contributed by atoms with van der Waals surface area (Å²) in [5.41, 5.74) is 1.39. The molecule has 1 rings (SSSR count). The Morgan fingerprint density at radius 3 is 2.40 bits per heavy atom. The average molecular weight is 131 g/mol. The van der Waals surface area contributed by atoms with E-state index in [9.17, 15) is 0 Å². The lowest BCUT2D eigenvalue weighted by atomic mass is 10.1. The Hall–Kier alpha value is -1.37. The van der Waals surface area contributed by atoms with Gasteiger partial charge in [0.05, 0.1) is 5.71 Å². The summed E-state index contributed by atoms with van der Waals surface area (Å²) in [5.74, 6) is 0. The molecule has 0 saturated heterocycles. The van der Waals surface area contributed by atoms with Crippen molar-refractivity contribution in [3.63, 3.8) is 0 Å². The maximum Gasteiger partial charge on any atom is 0.0606 e. The van der Waals surface area contributed by atoms with Crippen LogP contribution >= 0.6 is 0 Å². The van der Waals surface area contributed by atoms with Gasteiger partial charge >= 0.3 is 0 Å². The van der Waals surface area contributed by atoms with Crippen LogP contribution < -0.4 is 0 Å². The van der Waals surface area contributed by atoms with Crippen molar-refractivity contribution in [3.05, 3.63) is 48.6 Å². The van der Waals surface area contributed by atoms with Gasteiger partial charge in [-0.3, -0.25) is 0 Å². The van der Waals surface area contributed by atoms with E-state index in [0.717, 1.165) is 5.56 Å². The van der Waals surface area contributed by atoms with Crippen LogP contribution in [0, 0.1) is 5.41 Å². The van der Waals surface area contributed by atoms with Crippen LogP contribution in [0.25, 0.3) is 0 Å². The third-order valence-corrected chi connectivity index (χ3v) is 1.29. The molecule has 1 heteroatoms. The van der Waals surface area contributed by atoms with Gasteiger partial charge in [-0.25, -0.2) is 0 Å². The Bertz CT molecular complexity index is 236. The minimum Gasteiger partial charge on any atom is -0.300 e. The van der Waals surface area contributed by atoms with Crippen molar-refractivity contribution in [2.24, 2.45) is 0 Å². The van der Waals surface area contributed by atoms with Gasteiger partial charge in [-0.15, -0.1) is 0 Å². The minimum atomic E-state index is 0.473. The molecule has 0 fully saturated rings. The molecule has 0 aliphatic heterocycles. The molecule has 1 nitrogen and oxygen atoms in total. The SMILES string of the molecule is C=CC(=N)c1ccccc1. The fraction of sp³-hybridized carbons (Fsp3) is 0. The van der Waals surface area contributed by atoms with Crippen LogP contribution in [0.3, 0.4) is 0 Å². The van der Waals surface area contributed by atoms with E-state index in [2.05, 4.69) is 6.58 Å². The van der Waals surface area contributed by atoms with E-state index in [4.69, 9.17) is 5.41 Å². The maximum absolute atomic E-state index is 7.36. The zero-order valence-electron chi connectivity index (χ0n) is 5.67. The predicted molar refractivity (Wildman–Crippen MR) is 43.5 cm³/mol. The van der Waals surface area contributed by atoms with Crippen molar-refractivity contribution in [2.75, 3.05) is 0 Å². The molecule has 0 unspecified atom stereocenters. The number of rotatable bonds is 2. The highest BCUT2D eigenvalue weighted by molar-refractivity contribution is 6.06. The van der Waals surface area contributed by atoms with Crippen LogP contribution in [0.1, 0.15) is 5.56 Å². The highest BCUT2D eigenvalue weighted by Gasteiger charge is 1.91. The summed E-state index contributed by atoms with van der Waals surface area (Å²) in [4.78, 5) is 0. The molecule has 0 aliphatic carbocycles. The summed E-state index contributed by atoms with van der Waals surface area (Å²) in [6, 6.07) is 9.54. The number of hydrogen-bond donors (Lipinski definition) is 1. The number of benzene rings is 1. The van der Waals surface area contributed by atoms with Gasteiger partial charge in [0.2, 0.25) is 0 Å². The molecular weight excluding hydrogens is 122 g/mol. The van der Waals surface area contributed by atoms with Crippen molar-refractivity contribution in [1.29, 1.82) is 5.41 Å². The van der Waals surface area contributed by atoms with Crippen LogP contribution in [0.5, 0.6) is 0 Å². The second kappa shape index (κ2) is 2.97. The molecule has 1 aromatic carbocycles. The van der Waals surface area contributed by atoms with Crippen molar-refractivity contribution < 1.29 is 0 Å². The Morgan fingerprint density at radius 1 is 1.30 bits per heavy atom. The zero-order chi connectivity index (χ0) is 7.40. The molecule has 0 saturated carbocycles. The molecule has 10 heavy (non-hydrogen) atoms. The number of nitrogens with one attached hydrogen (secondary N) is 1. The Kier molecular flexibility index (Phi) is 2.00. The van der Waals surface area contributed by atoms with E-state index < -0.39 is 0 Å². The van der Waals surface area contributed by atoms with E-state index in [-0.39, 0.29) is 0 Å². The lowest BCUT2D eigenvalue weighted by molar-refractivity contribution is 1.50. The number of allylic oxidation sites excluding steroid dienone is 1. The van der Waals surface area contributed by atoms with Crippen molar-refractivity contribution in [3.8, 4) is 0 Å². The van der Waals surface area contributed by atoms with Crippen LogP contribution in [0.15, 0.2) is 43.0 Å². The molecule has 1 N–H and O–H groups in total. The normalized spacial score (nSPS) is 8.80. The van der Waals surface area contributed by atoms with E-state index in [1.807, 2.05) is 30.3 Å². The summed E-state index contributed by atoms with van der Waals surface area (Å²) in [7, 11) is 0. The average Bonchev–Trinajstić information content (AvgIpc) is 2.05. The Morgan fingerprint density at radius 2 is 1.90 bits per heavy atom. The van der Waals surface area contributed by atoms with Crippen LogP contribution in [0.4, 0.5) is 0 Å². The van der Waals surface area contributed by atoms with E-state index in [1.54, 1.807) is 0 Å². The summed E-state index contributed by atoms with van der Waals surface area (Å²) < 4.78 is 0. The summed E-state index contributed by atoms with van der Waals surface area (Å²) in [6.45, 7) is 3.51. The Balaban J connectivity index is 2.95. The van der Waals surface area contributed by atoms with Crippen LogP contribution in [-0.2, 0) is 0 Å². The molecule has 0 spiro atoms. The maximum atomic E-state index is 7.36. The van der Waals surface area contributed by atoms with Gasteiger partial charge in [0.25, 0.3) is 0 Å². The fourth-order valence-corrected chi connectivity index (χ4v) is 0.736. The summed E-state index contributed by atoms with van der Waals surface area (Å²) >= 11 is 0. The van der Waals surface area contributed by atoms with Gasteiger partial charge in [0, 0.05) is 0 Å². The molecule has 0 heterocycles. The molecule has 1 aromatic rings. The van der Waals surface area contributed by atoms with Gasteiger partial charge in [-0.05, 0) is 11.6 Å². The molecule has 0 radical (unpaired) electrons. The third-order valence-electron chi connectivity index (χ3n) is 1.29. The van der Waals surface area contributed by atoms with Crippen LogP contribution in [-0.4, -0.2) is 5.71 Å². The first-order valence-corrected chi connectivity index (χ1v) is 3.11. The lowest BCUT2D eigenvalue weighted by Crippen LogP contribution is -1.91. The van der Waals surface area contributed by atoms with Gasteiger partial charge in [-0.1, -0.05) is 36.9 Å². The standard InChI is InChI=1S/C9H9N/c1-2-9(10)8-6-4-3-5-7-8/h2-7,10H,1H2. The van der Waals surface area contributed by atoms with Crippen LogP contribution in [0.2, 0.25) is 0 Å². The third kappa shape index (κ3) is 1.32. The van der Waals surface area contributed by atoms with Gasteiger partial charge in [0.15, 0.2) is 0 Å². The first-order chi connectivity index (χ1) is 4.84. The lowest BCUT2D eigenvalue weighted by Gasteiger charge is -1.94. The highest BCUT2D eigenvalue weighted by atomic mass is 14.4. The first kappa shape index (κ1) is 6.75. The van der Waals surface area contributed by atoms with Gasteiger partial charge < -0.3 is 5.41 Å². The Labute approximate surface area is 60.5 Å². The molecule has 0 atom stereocenters. The fourth-order valence-electron chi connectivity index (χ4n) is 0.736. The van der Waals surface area contributed by atoms with Crippen molar-refractivity contribution in [2.45, 2.75) is 0 Å². The van der Waals surface area contributed by atoms with E-state index >= 15 is 0 Å².